The number of halogens is 1. The molecule has 1 atom stereocenters. The largest absolute Gasteiger partial charge is 0.459 e. The number of rotatable bonds is 3. The summed E-state index contributed by atoms with van der Waals surface area (Å²) in [5, 5.41) is 4.33. The van der Waals surface area contributed by atoms with Crippen molar-refractivity contribution >= 4 is 11.0 Å². The molecule has 1 aromatic heterocycles. The van der Waals surface area contributed by atoms with Gasteiger partial charge < -0.3 is 9.73 Å². The summed E-state index contributed by atoms with van der Waals surface area (Å²) in [5.41, 5.74) is 1.86. The Morgan fingerprint density at radius 3 is 2.62 bits per heavy atom. The second-order valence-electron chi connectivity index (χ2n) is 6.52. The molecular formula is C18H24FNO. The van der Waals surface area contributed by atoms with Gasteiger partial charge in [-0.05, 0) is 56.8 Å². The van der Waals surface area contributed by atoms with Gasteiger partial charge in [0.15, 0.2) is 0 Å². The minimum absolute atomic E-state index is 0.203. The molecule has 1 unspecified atom stereocenters. The number of furan rings is 1. The van der Waals surface area contributed by atoms with Gasteiger partial charge >= 0.3 is 0 Å². The van der Waals surface area contributed by atoms with Crippen LogP contribution >= 0.6 is 0 Å². The molecule has 3 rings (SSSR count). The van der Waals surface area contributed by atoms with E-state index in [2.05, 4.69) is 12.2 Å². The molecule has 0 amide bonds. The zero-order chi connectivity index (χ0) is 15.0. The van der Waals surface area contributed by atoms with Crippen molar-refractivity contribution in [2.24, 2.45) is 11.8 Å². The molecule has 1 N–H and O–H groups in total. The number of fused-ring (bicyclic) bond motifs is 1. The lowest BCUT2D eigenvalue weighted by Crippen LogP contribution is -2.28. The molecule has 1 aliphatic carbocycles. The summed E-state index contributed by atoms with van der Waals surface area (Å²) in [5.74, 6) is 2.23. The van der Waals surface area contributed by atoms with Crippen molar-refractivity contribution < 1.29 is 8.81 Å². The zero-order valence-corrected chi connectivity index (χ0v) is 13.1. The maximum Gasteiger partial charge on any atom is 0.134 e. The molecule has 1 aromatic carbocycles. The smallest absolute Gasteiger partial charge is 0.134 e. The quantitative estimate of drug-likeness (QED) is 0.863. The first-order valence-electron chi connectivity index (χ1n) is 7.96. The normalized spacial score (nSPS) is 24.4. The Hall–Kier alpha value is -1.35. The summed E-state index contributed by atoms with van der Waals surface area (Å²) < 4.78 is 19.5. The van der Waals surface area contributed by atoms with Crippen LogP contribution in [0.3, 0.4) is 0 Å². The highest BCUT2D eigenvalue weighted by atomic mass is 19.1. The van der Waals surface area contributed by atoms with Gasteiger partial charge in [0.25, 0.3) is 0 Å². The third kappa shape index (κ3) is 2.71. The van der Waals surface area contributed by atoms with Gasteiger partial charge in [-0.1, -0.05) is 19.8 Å². The molecule has 114 valence electrons. The summed E-state index contributed by atoms with van der Waals surface area (Å²) >= 11 is 0. The van der Waals surface area contributed by atoms with E-state index in [1.54, 1.807) is 12.1 Å². The Bertz CT molecular complexity index is 625. The van der Waals surface area contributed by atoms with Crippen LogP contribution in [0.4, 0.5) is 4.39 Å². The number of hydrogen-bond donors (Lipinski definition) is 1. The van der Waals surface area contributed by atoms with E-state index >= 15 is 0 Å². The molecule has 1 heterocycles. The molecule has 0 bridgehead atoms. The Kier molecular flexibility index (Phi) is 4.03. The first-order chi connectivity index (χ1) is 10.1. The Balaban J connectivity index is 1.95. The lowest BCUT2D eigenvalue weighted by Gasteiger charge is -2.31. The van der Waals surface area contributed by atoms with Crippen LogP contribution in [0, 0.1) is 24.6 Å². The topological polar surface area (TPSA) is 25.2 Å². The second kappa shape index (κ2) is 5.80. The lowest BCUT2D eigenvalue weighted by molar-refractivity contribution is 0.221. The molecule has 2 nitrogen and oxygen atoms in total. The van der Waals surface area contributed by atoms with Gasteiger partial charge in [0.1, 0.15) is 17.2 Å². The van der Waals surface area contributed by atoms with Crippen molar-refractivity contribution in [1.29, 1.82) is 0 Å². The standard InChI is InChI=1S/C18H24FNO/c1-11-4-6-13(7-5-11)17(20-3)18-12(2)15-10-14(19)8-9-16(15)21-18/h8-11,13,17,20H,4-7H2,1-3H3. The average molecular weight is 289 g/mol. The van der Waals surface area contributed by atoms with E-state index in [1.165, 1.54) is 31.7 Å². The zero-order valence-electron chi connectivity index (χ0n) is 13.1. The fourth-order valence-corrected chi connectivity index (χ4v) is 3.71. The fraction of sp³-hybridized carbons (Fsp3) is 0.556. The van der Waals surface area contributed by atoms with E-state index in [1.807, 2.05) is 14.0 Å². The van der Waals surface area contributed by atoms with E-state index < -0.39 is 0 Å². The van der Waals surface area contributed by atoms with Gasteiger partial charge in [0.2, 0.25) is 0 Å². The monoisotopic (exact) mass is 289 g/mol. The number of aryl methyl sites for hydroxylation is 1. The average Bonchev–Trinajstić information content (AvgIpc) is 2.79. The molecule has 3 heteroatoms. The van der Waals surface area contributed by atoms with Crippen LogP contribution in [-0.2, 0) is 0 Å². The summed E-state index contributed by atoms with van der Waals surface area (Å²) in [7, 11) is 2.00. The van der Waals surface area contributed by atoms with Gasteiger partial charge in [0, 0.05) is 10.9 Å². The van der Waals surface area contributed by atoms with Crippen molar-refractivity contribution in [3.8, 4) is 0 Å². The van der Waals surface area contributed by atoms with E-state index in [0.717, 1.165) is 28.2 Å². The van der Waals surface area contributed by atoms with Crippen molar-refractivity contribution in [3.05, 3.63) is 35.3 Å². The first kappa shape index (κ1) is 14.6. The maximum absolute atomic E-state index is 13.4. The minimum Gasteiger partial charge on any atom is -0.459 e. The number of hydrogen-bond acceptors (Lipinski definition) is 2. The number of nitrogens with one attached hydrogen (secondary N) is 1. The van der Waals surface area contributed by atoms with Crippen LogP contribution in [-0.4, -0.2) is 7.05 Å². The highest BCUT2D eigenvalue weighted by Crippen LogP contribution is 2.40. The summed E-state index contributed by atoms with van der Waals surface area (Å²) in [6, 6.07) is 5.00. The third-order valence-corrected chi connectivity index (χ3v) is 5.06. The van der Waals surface area contributed by atoms with Crippen LogP contribution < -0.4 is 5.32 Å². The van der Waals surface area contributed by atoms with Crippen molar-refractivity contribution in [3.63, 3.8) is 0 Å². The predicted octanol–water partition coefficient (Wildman–Crippen LogP) is 4.97. The molecule has 1 aliphatic rings. The highest BCUT2D eigenvalue weighted by Gasteiger charge is 2.30. The molecule has 2 aromatic rings. The predicted molar refractivity (Wildman–Crippen MR) is 83.8 cm³/mol. The van der Waals surface area contributed by atoms with Gasteiger partial charge in [-0.15, -0.1) is 0 Å². The fourth-order valence-electron chi connectivity index (χ4n) is 3.71. The van der Waals surface area contributed by atoms with Gasteiger partial charge in [-0.25, -0.2) is 4.39 Å². The van der Waals surface area contributed by atoms with Gasteiger partial charge in [-0.2, -0.15) is 0 Å². The summed E-state index contributed by atoms with van der Waals surface area (Å²) in [6.07, 6.45) is 5.04. The van der Waals surface area contributed by atoms with Crippen LogP contribution in [0.25, 0.3) is 11.0 Å². The Morgan fingerprint density at radius 1 is 1.24 bits per heavy atom. The molecule has 0 aliphatic heterocycles. The van der Waals surface area contributed by atoms with Crippen LogP contribution in [0.1, 0.15) is 50.0 Å². The van der Waals surface area contributed by atoms with Gasteiger partial charge in [-0.3, -0.25) is 0 Å². The highest BCUT2D eigenvalue weighted by molar-refractivity contribution is 5.82. The molecule has 0 saturated heterocycles. The molecule has 21 heavy (non-hydrogen) atoms. The summed E-state index contributed by atoms with van der Waals surface area (Å²) in [4.78, 5) is 0. The van der Waals surface area contributed by atoms with Gasteiger partial charge in [0.05, 0.1) is 6.04 Å². The van der Waals surface area contributed by atoms with E-state index in [-0.39, 0.29) is 11.9 Å². The van der Waals surface area contributed by atoms with Crippen LogP contribution in [0.5, 0.6) is 0 Å². The number of benzene rings is 1. The molecular weight excluding hydrogens is 265 g/mol. The maximum atomic E-state index is 13.4. The van der Waals surface area contributed by atoms with Crippen molar-refractivity contribution in [1.82, 2.24) is 5.32 Å². The second-order valence-corrected chi connectivity index (χ2v) is 6.52. The van der Waals surface area contributed by atoms with E-state index in [0.29, 0.717) is 5.92 Å². The molecule has 0 spiro atoms. The first-order valence-corrected chi connectivity index (χ1v) is 7.96. The van der Waals surface area contributed by atoms with Crippen molar-refractivity contribution in [2.75, 3.05) is 7.05 Å². The van der Waals surface area contributed by atoms with Crippen molar-refractivity contribution in [2.45, 2.75) is 45.6 Å². The molecule has 0 radical (unpaired) electrons. The molecule has 1 saturated carbocycles. The lowest BCUT2D eigenvalue weighted by atomic mass is 9.78. The Labute approximate surface area is 125 Å². The summed E-state index contributed by atoms with van der Waals surface area (Å²) in [6.45, 7) is 4.37. The molecule has 1 fully saturated rings. The SMILES string of the molecule is CNC(c1oc2ccc(F)cc2c1C)C1CCC(C)CC1. The van der Waals surface area contributed by atoms with E-state index in [9.17, 15) is 4.39 Å². The van der Waals surface area contributed by atoms with E-state index in [4.69, 9.17) is 4.42 Å². The van der Waals surface area contributed by atoms with Crippen LogP contribution in [0.15, 0.2) is 22.6 Å². The van der Waals surface area contributed by atoms with Crippen LogP contribution in [0.2, 0.25) is 0 Å². The Morgan fingerprint density at radius 2 is 1.95 bits per heavy atom. The minimum atomic E-state index is -0.203. The third-order valence-electron chi connectivity index (χ3n) is 5.06.